The highest BCUT2D eigenvalue weighted by Gasteiger charge is 2.25. The second kappa shape index (κ2) is 5.00. The lowest BCUT2D eigenvalue weighted by Gasteiger charge is -2.28. The van der Waals surface area contributed by atoms with Crippen molar-refractivity contribution in [1.82, 2.24) is 15.1 Å². The topological polar surface area (TPSA) is 72.9 Å². The highest BCUT2D eigenvalue weighted by atomic mass is 16.2. The summed E-state index contributed by atoms with van der Waals surface area (Å²) in [6, 6.07) is 0.0601. The Balaban J connectivity index is 2.98. The molecule has 102 valence electrons. The first kappa shape index (κ1) is 14.5. The molecule has 1 aromatic heterocycles. The SMILES string of the molecule is CCn1nc(C)c(N)c1C(=O)NC(C)C(C)(C)C. The molecule has 1 atom stereocenters. The van der Waals surface area contributed by atoms with Crippen LogP contribution in [0.4, 0.5) is 5.69 Å². The van der Waals surface area contributed by atoms with Crippen molar-refractivity contribution in [3.63, 3.8) is 0 Å². The van der Waals surface area contributed by atoms with Crippen molar-refractivity contribution in [1.29, 1.82) is 0 Å². The predicted octanol–water partition coefficient (Wildman–Crippen LogP) is 1.96. The fourth-order valence-electron chi connectivity index (χ4n) is 1.55. The number of hydrogen-bond donors (Lipinski definition) is 2. The number of nitrogens with two attached hydrogens (primary N) is 1. The van der Waals surface area contributed by atoms with E-state index in [1.165, 1.54) is 0 Å². The molecule has 0 radical (unpaired) electrons. The summed E-state index contributed by atoms with van der Waals surface area (Å²) in [7, 11) is 0. The molecule has 1 amide bonds. The number of nitrogens with zero attached hydrogens (tertiary/aromatic N) is 2. The van der Waals surface area contributed by atoms with Crippen LogP contribution in [0.2, 0.25) is 0 Å². The summed E-state index contributed by atoms with van der Waals surface area (Å²) < 4.78 is 1.65. The maximum atomic E-state index is 12.3. The number of anilines is 1. The Bertz CT molecular complexity index is 443. The van der Waals surface area contributed by atoms with Gasteiger partial charge >= 0.3 is 0 Å². The van der Waals surface area contributed by atoms with E-state index in [0.717, 1.165) is 0 Å². The Hall–Kier alpha value is -1.52. The van der Waals surface area contributed by atoms with E-state index >= 15 is 0 Å². The van der Waals surface area contributed by atoms with Crippen molar-refractivity contribution < 1.29 is 4.79 Å². The smallest absolute Gasteiger partial charge is 0.271 e. The van der Waals surface area contributed by atoms with Crippen LogP contribution in [0.3, 0.4) is 0 Å². The molecule has 18 heavy (non-hydrogen) atoms. The number of rotatable bonds is 3. The van der Waals surface area contributed by atoms with E-state index in [4.69, 9.17) is 5.73 Å². The molecular formula is C13H24N4O. The van der Waals surface area contributed by atoms with Gasteiger partial charge in [-0.2, -0.15) is 5.10 Å². The zero-order chi connectivity index (χ0) is 14.1. The molecule has 0 aliphatic rings. The molecule has 0 aliphatic carbocycles. The molecular weight excluding hydrogens is 228 g/mol. The molecule has 1 aromatic rings. The van der Waals surface area contributed by atoms with Crippen LogP contribution in [-0.2, 0) is 6.54 Å². The average molecular weight is 252 g/mol. The van der Waals surface area contributed by atoms with Gasteiger partial charge in [0, 0.05) is 12.6 Å². The third kappa shape index (κ3) is 2.83. The average Bonchev–Trinajstić information content (AvgIpc) is 2.53. The summed E-state index contributed by atoms with van der Waals surface area (Å²) in [5.41, 5.74) is 7.56. The van der Waals surface area contributed by atoms with Gasteiger partial charge in [0.05, 0.1) is 11.4 Å². The molecule has 0 saturated carbocycles. The van der Waals surface area contributed by atoms with Gasteiger partial charge in [-0.05, 0) is 26.2 Å². The lowest BCUT2D eigenvalue weighted by molar-refractivity contribution is 0.0900. The van der Waals surface area contributed by atoms with Crippen molar-refractivity contribution >= 4 is 11.6 Å². The van der Waals surface area contributed by atoms with Gasteiger partial charge in [0.25, 0.3) is 5.91 Å². The van der Waals surface area contributed by atoms with Gasteiger partial charge in [0.2, 0.25) is 0 Å². The normalized spacial score (nSPS) is 13.4. The summed E-state index contributed by atoms with van der Waals surface area (Å²) in [6.45, 7) is 12.6. The van der Waals surface area contributed by atoms with Crippen LogP contribution in [0.15, 0.2) is 0 Å². The molecule has 1 rings (SSSR count). The number of carbonyl (C=O) groups is 1. The number of aryl methyl sites for hydroxylation is 2. The van der Waals surface area contributed by atoms with E-state index in [2.05, 4.69) is 31.2 Å². The van der Waals surface area contributed by atoms with Crippen molar-refractivity contribution in [2.24, 2.45) is 5.41 Å². The van der Waals surface area contributed by atoms with E-state index < -0.39 is 0 Å². The number of nitrogens with one attached hydrogen (secondary N) is 1. The second-order valence-corrected chi connectivity index (χ2v) is 5.72. The molecule has 5 heteroatoms. The van der Waals surface area contributed by atoms with Crippen LogP contribution in [0.25, 0.3) is 0 Å². The molecule has 0 fully saturated rings. The first-order chi connectivity index (χ1) is 8.18. The van der Waals surface area contributed by atoms with Gasteiger partial charge in [0.15, 0.2) is 0 Å². The molecule has 5 nitrogen and oxygen atoms in total. The lowest BCUT2D eigenvalue weighted by Crippen LogP contribution is -2.42. The Morgan fingerprint density at radius 3 is 2.50 bits per heavy atom. The Morgan fingerprint density at radius 1 is 1.50 bits per heavy atom. The number of nitrogen functional groups attached to an aromatic ring is 1. The summed E-state index contributed by atoms with van der Waals surface area (Å²) in [5.74, 6) is -0.155. The Morgan fingerprint density at radius 2 is 2.06 bits per heavy atom. The van der Waals surface area contributed by atoms with E-state index in [9.17, 15) is 4.79 Å². The van der Waals surface area contributed by atoms with Gasteiger partial charge in [-0.15, -0.1) is 0 Å². The summed E-state index contributed by atoms with van der Waals surface area (Å²) >= 11 is 0. The van der Waals surface area contributed by atoms with Gasteiger partial charge in [-0.1, -0.05) is 20.8 Å². The molecule has 1 heterocycles. The molecule has 0 aromatic carbocycles. The highest BCUT2D eigenvalue weighted by molar-refractivity contribution is 5.98. The quantitative estimate of drug-likeness (QED) is 0.863. The summed E-state index contributed by atoms with van der Waals surface area (Å²) in [6.07, 6.45) is 0. The third-order valence-electron chi connectivity index (χ3n) is 3.33. The maximum Gasteiger partial charge on any atom is 0.271 e. The Labute approximate surface area is 109 Å². The third-order valence-corrected chi connectivity index (χ3v) is 3.33. The van der Waals surface area contributed by atoms with Crippen LogP contribution in [0.5, 0.6) is 0 Å². The van der Waals surface area contributed by atoms with Crippen LogP contribution >= 0.6 is 0 Å². The first-order valence-electron chi connectivity index (χ1n) is 6.32. The first-order valence-corrected chi connectivity index (χ1v) is 6.32. The zero-order valence-electron chi connectivity index (χ0n) is 12.2. The summed E-state index contributed by atoms with van der Waals surface area (Å²) in [4.78, 5) is 12.3. The van der Waals surface area contributed by atoms with Gasteiger partial charge in [0.1, 0.15) is 5.69 Å². The molecule has 3 N–H and O–H groups in total. The van der Waals surface area contributed by atoms with E-state index in [-0.39, 0.29) is 17.4 Å². The number of carbonyl (C=O) groups excluding carboxylic acids is 1. The molecule has 1 unspecified atom stereocenters. The van der Waals surface area contributed by atoms with Gasteiger partial charge in [-0.25, -0.2) is 0 Å². The van der Waals surface area contributed by atoms with Crippen LogP contribution < -0.4 is 11.1 Å². The van der Waals surface area contributed by atoms with Crippen molar-refractivity contribution in [3.8, 4) is 0 Å². The van der Waals surface area contributed by atoms with Crippen molar-refractivity contribution in [2.75, 3.05) is 5.73 Å². The molecule has 0 aliphatic heterocycles. The van der Waals surface area contributed by atoms with Crippen LogP contribution in [0, 0.1) is 12.3 Å². The zero-order valence-corrected chi connectivity index (χ0v) is 12.2. The maximum absolute atomic E-state index is 12.3. The number of hydrogen-bond acceptors (Lipinski definition) is 3. The van der Waals surface area contributed by atoms with E-state index in [1.54, 1.807) is 4.68 Å². The standard InChI is InChI=1S/C13H24N4O/c1-7-17-11(10(14)8(2)16-17)12(18)15-9(3)13(4,5)6/h9H,7,14H2,1-6H3,(H,15,18). The molecule has 0 spiro atoms. The second-order valence-electron chi connectivity index (χ2n) is 5.72. The van der Waals surface area contributed by atoms with Gasteiger partial charge in [-0.3, -0.25) is 9.48 Å². The van der Waals surface area contributed by atoms with Crippen molar-refractivity contribution in [3.05, 3.63) is 11.4 Å². The van der Waals surface area contributed by atoms with Crippen molar-refractivity contribution in [2.45, 2.75) is 54.1 Å². The largest absolute Gasteiger partial charge is 0.395 e. The lowest BCUT2D eigenvalue weighted by atomic mass is 9.88. The fraction of sp³-hybridized carbons (Fsp3) is 0.692. The highest BCUT2D eigenvalue weighted by Crippen LogP contribution is 2.21. The number of amides is 1. The van der Waals surface area contributed by atoms with E-state index in [0.29, 0.717) is 23.6 Å². The van der Waals surface area contributed by atoms with Crippen LogP contribution in [0.1, 0.15) is 50.8 Å². The minimum atomic E-state index is -0.155. The number of aromatic nitrogens is 2. The fourth-order valence-corrected chi connectivity index (χ4v) is 1.55. The minimum Gasteiger partial charge on any atom is -0.395 e. The van der Waals surface area contributed by atoms with Gasteiger partial charge < -0.3 is 11.1 Å². The molecule has 0 bridgehead atoms. The Kier molecular flexibility index (Phi) is 4.04. The summed E-state index contributed by atoms with van der Waals surface area (Å²) in [5, 5.41) is 7.24. The monoisotopic (exact) mass is 252 g/mol. The minimum absolute atomic E-state index is 0.0104. The predicted molar refractivity (Wildman–Crippen MR) is 73.4 cm³/mol. The van der Waals surface area contributed by atoms with Crippen LogP contribution in [-0.4, -0.2) is 21.7 Å². The molecule has 0 saturated heterocycles. The van der Waals surface area contributed by atoms with E-state index in [1.807, 2.05) is 20.8 Å².